The summed E-state index contributed by atoms with van der Waals surface area (Å²) < 4.78 is 36.8. The van der Waals surface area contributed by atoms with Crippen molar-refractivity contribution >= 4 is 23.6 Å². The average Bonchev–Trinajstić information content (AvgIpc) is 3.94. The van der Waals surface area contributed by atoms with Crippen LogP contribution in [0.4, 0.5) is 19.3 Å². The molecule has 2 aliphatic carbocycles. The van der Waals surface area contributed by atoms with Crippen LogP contribution < -0.4 is 5.32 Å². The molecule has 4 aromatic rings. The first kappa shape index (κ1) is 26.9. The Balaban J connectivity index is 1.24. The van der Waals surface area contributed by atoms with E-state index in [4.69, 9.17) is 4.74 Å². The highest BCUT2D eigenvalue weighted by molar-refractivity contribution is 6.21. The summed E-state index contributed by atoms with van der Waals surface area (Å²) in [4.78, 5) is 40.0. The fraction of sp³-hybridized carbons (Fsp3) is 0.242. The number of fused-ring (bicyclic) bond motifs is 1. The lowest BCUT2D eigenvalue weighted by atomic mass is 9.92. The number of hydrogen-bond donors (Lipinski definition) is 1. The number of halogens is 2. The van der Waals surface area contributed by atoms with E-state index in [2.05, 4.69) is 15.5 Å². The number of rotatable bonds is 8. The molecule has 1 aliphatic heterocycles. The van der Waals surface area contributed by atoms with Gasteiger partial charge < -0.3 is 4.74 Å². The zero-order chi connectivity index (χ0) is 29.7. The van der Waals surface area contributed by atoms with Crippen LogP contribution in [0.15, 0.2) is 72.9 Å². The van der Waals surface area contributed by atoms with Crippen LogP contribution in [-0.4, -0.2) is 38.6 Å². The molecule has 0 atom stereocenters. The summed E-state index contributed by atoms with van der Waals surface area (Å²) in [6.07, 6.45) is 4.19. The summed E-state index contributed by atoms with van der Waals surface area (Å²) in [7, 11) is 0. The molecular weight excluding hydrogens is 554 g/mol. The molecule has 2 heterocycles. The lowest BCUT2D eigenvalue weighted by Crippen LogP contribution is -2.30. The number of ether oxygens (including phenoxy) is 1. The SMILES string of the molecule is O=C(Nc1ccc(-c2ccnnc2CN2C(=O)c3ccccc3C2=O)c(Cc2ccccc2F)c1F)OC1(C2CC2)CC1. The summed E-state index contributed by atoms with van der Waals surface area (Å²) in [6.45, 7) is -0.203. The minimum Gasteiger partial charge on any atom is -0.442 e. The highest BCUT2D eigenvalue weighted by atomic mass is 19.1. The lowest BCUT2D eigenvalue weighted by molar-refractivity contribution is 0.0639. The fourth-order valence-corrected chi connectivity index (χ4v) is 5.88. The van der Waals surface area contributed by atoms with Gasteiger partial charge in [0.15, 0.2) is 5.82 Å². The topological polar surface area (TPSA) is 101 Å². The maximum Gasteiger partial charge on any atom is 0.412 e. The molecule has 1 N–H and O–H groups in total. The van der Waals surface area contributed by atoms with E-state index in [0.717, 1.165) is 30.6 Å². The molecule has 43 heavy (non-hydrogen) atoms. The first-order valence-electron chi connectivity index (χ1n) is 14.2. The van der Waals surface area contributed by atoms with E-state index in [9.17, 15) is 18.8 Å². The Morgan fingerprint density at radius 2 is 1.60 bits per heavy atom. The van der Waals surface area contributed by atoms with Gasteiger partial charge in [0.1, 0.15) is 11.4 Å². The summed E-state index contributed by atoms with van der Waals surface area (Å²) in [5.74, 6) is -1.83. The van der Waals surface area contributed by atoms with Gasteiger partial charge in [-0.15, -0.1) is 0 Å². The Labute approximate surface area is 245 Å². The van der Waals surface area contributed by atoms with Crippen molar-refractivity contribution in [3.63, 3.8) is 0 Å². The molecule has 8 nitrogen and oxygen atoms in total. The molecule has 3 amide bonds. The Morgan fingerprint density at radius 3 is 2.28 bits per heavy atom. The smallest absolute Gasteiger partial charge is 0.412 e. The molecule has 0 saturated heterocycles. The highest BCUT2D eigenvalue weighted by Gasteiger charge is 2.57. The normalized spacial score (nSPS) is 16.7. The van der Waals surface area contributed by atoms with Gasteiger partial charge in [0.05, 0.1) is 35.2 Å². The van der Waals surface area contributed by atoms with Gasteiger partial charge in [-0.25, -0.2) is 13.6 Å². The van der Waals surface area contributed by atoms with Crippen molar-refractivity contribution in [2.75, 3.05) is 5.32 Å². The molecule has 0 bridgehead atoms. The van der Waals surface area contributed by atoms with Crippen molar-refractivity contribution in [1.82, 2.24) is 15.1 Å². The second-order valence-corrected chi connectivity index (χ2v) is 11.2. The number of carbonyl (C=O) groups excluding carboxylic acids is 3. The molecule has 0 radical (unpaired) electrons. The molecule has 2 saturated carbocycles. The average molecular weight is 581 g/mol. The minimum absolute atomic E-state index is 0.0999. The zero-order valence-corrected chi connectivity index (χ0v) is 23.0. The largest absolute Gasteiger partial charge is 0.442 e. The third-order valence-electron chi connectivity index (χ3n) is 8.44. The fourth-order valence-electron chi connectivity index (χ4n) is 5.88. The molecule has 7 rings (SSSR count). The van der Waals surface area contributed by atoms with Crippen molar-refractivity contribution in [1.29, 1.82) is 0 Å². The second kappa shape index (κ2) is 10.4. The van der Waals surface area contributed by atoms with Crippen molar-refractivity contribution < 1.29 is 27.9 Å². The van der Waals surface area contributed by atoms with E-state index in [1.54, 1.807) is 54.6 Å². The van der Waals surface area contributed by atoms with Crippen molar-refractivity contribution in [3.05, 3.63) is 113 Å². The highest BCUT2D eigenvalue weighted by Crippen LogP contribution is 2.56. The van der Waals surface area contributed by atoms with Gasteiger partial charge >= 0.3 is 6.09 Å². The van der Waals surface area contributed by atoms with Crippen LogP contribution in [0.2, 0.25) is 0 Å². The zero-order valence-electron chi connectivity index (χ0n) is 23.0. The van der Waals surface area contributed by atoms with E-state index < -0.39 is 35.1 Å². The molecule has 0 spiro atoms. The quantitative estimate of drug-likeness (QED) is 0.246. The Morgan fingerprint density at radius 1 is 0.907 bits per heavy atom. The molecule has 10 heteroatoms. The number of benzene rings is 3. The minimum atomic E-state index is -0.752. The van der Waals surface area contributed by atoms with Gasteiger partial charge in [0, 0.05) is 17.5 Å². The molecule has 2 fully saturated rings. The van der Waals surface area contributed by atoms with Crippen LogP contribution in [0.3, 0.4) is 0 Å². The maximum absolute atomic E-state index is 16.3. The van der Waals surface area contributed by atoms with Gasteiger partial charge in [-0.3, -0.25) is 19.8 Å². The van der Waals surface area contributed by atoms with Crippen LogP contribution in [-0.2, 0) is 17.7 Å². The number of nitrogens with zero attached hydrogens (tertiary/aromatic N) is 3. The molecule has 3 aliphatic rings. The number of hydrogen-bond acceptors (Lipinski definition) is 6. The van der Waals surface area contributed by atoms with Gasteiger partial charge in [0.2, 0.25) is 0 Å². The van der Waals surface area contributed by atoms with Crippen LogP contribution >= 0.6 is 0 Å². The van der Waals surface area contributed by atoms with E-state index in [1.165, 1.54) is 18.3 Å². The van der Waals surface area contributed by atoms with Gasteiger partial charge in [-0.1, -0.05) is 36.4 Å². The van der Waals surface area contributed by atoms with Crippen LogP contribution in [0.5, 0.6) is 0 Å². The molecule has 1 aromatic heterocycles. The Kier molecular flexibility index (Phi) is 6.49. The number of aromatic nitrogens is 2. The van der Waals surface area contributed by atoms with Gasteiger partial charge in [0.25, 0.3) is 11.8 Å². The lowest BCUT2D eigenvalue weighted by Gasteiger charge is -2.20. The Hall–Kier alpha value is -4.99. The first-order chi connectivity index (χ1) is 20.8. The summed E-state index contributed by atoms with van der Waals surface area (Å²) in [5.41, 5.74) is 1.41. The number of anilines is 1. The first-order valence-corrected chi connectivity index (χ1v) is 14.2. The van der Waals surface area contributed by atoms with Gasteiger partial charge in [-0.05, 0) is 73.1 Å². The summed E-state index contributed by atoms with van der Waals surface area (Å²) in [6, 6.07) is 17.2. The maximum atomic E-state index is 16.3. The molecule has 3 aromatic carbocycles. The summed E-state index contributed by atoms with van der Waals surface area (Å²) >= 11 is 0. The number of carbonyl (C=O) groups is 3. The molecule has 0 unspecified atom stereocenters. The summed E-state index contributed by atoms with van der Waals surface area (Å²) in [5, 5.41) is 10.7. The van der Waals surface area contributed by atoms with Crippen molar-refractivity contribution in [2.45, 2.75) is 44.2 Å². The predicted molar refractivity (Wildman–Crippen MR) is 152 cm³/mol. The van der Waals surface area contributed by atoms with Gasteiger partial charge in [-0.2, -0.15) is 10.2 Å². The standard InChI is InChI=1S/C33H26F2N4O4/c34-26-8-4-1-5-19(26)17-25-21(11-12-27(29(25)35)37-32(42)43-33(14-15-33)20-9-10-20)22-13-16-36-38-28(22)18-39-30(40)23-6-2-3-7-24(23)31(39)41/h1-8,11-13,16,20H,9-10,14-15,17-18H2,(H,37,42). The van der Waals surface area contributed by atoms with E-state index in [-0.39, 0.29) is 35.5 Å². The number of imide groups is 1. The van der Waals surface area contributed by atoms with Crippen LogP contribution in [0.1, 0.15) is 63.2 Å². The van der Waals surface area contributed by atoms with Crippen LogP contribution in [0, 0.1) is 17.6 Å². The molecular formula is C33H26F2N4O4. The van der Waals surface area contributed by atoms with Crippen molar-refractivity contribution in [2.24, 2.45) is 5.92 Å². The van der Waals surface area contributed by atoms with Crippen molar-refractivity contribution in [3.8, 4) is 11.1 Å². The second-order valence-electron chi connectivity index (χ2n) is 11.2. The van der Waals surface area contributed by atoms with E-state index in [0.29, 0.717) is 28.2 Å². The van der Waals surface area contributed by atoms with E-state index in [1.807, 2.05) is 0 Å². The predicted octanol–water partition coefficient (Wildman–Crippen LogP) is 6.30. The molecule has 216 valence electrons. The third-order valence-corrected chi connectivity index (χ3v) is 8.44. The number of amides is 3. The number of nitrogens with one attached hydrogen (secondary N) is 1. The van der Waals surface area contributed by atoms with E-state index >= 15 is 4.39 Å². The monoisotopic (exact) mass is 580 g/mol. The Bertz CT molecular complexity index is 1770. The van der Waals surface area contributed by atoms with Crippen LogP contribution in [0.25, 0.3) is 11.1 Å². The third kappa shape index (κ3) is 4.92.